The molecule has 4 nitrogen and oxygen atoms in total. The fraction of sp³-hybridized carbons (Fsp3) is 0.111. The molecule has 0 aliphatic heterocycles. The summed E-state index contributed by atoms with van der Waals surface area (Å²) in [7, 11) is 0. The molecule has 1 aromatic heterocycles. The van der Waals surface area contributed by atoms with Crippen LogP contribution in [0.15, 0.2) is 60.8 Å². The van der Waals surface area contributed by atoms with E-state index in [0.717, 1.165) is 5.69 Å². The van der Waals surface area contributed by atoms with Crippen LogP contribution in [0.3, 0.4) is 0 Å². The van der Waals surface area contributed by atoms with Crippen molar-refractivity contribution in [3.05, 3.63) is 76.4 Å². The SMILES string of the molecule is CC(Nc1nccc(Nc2cc(Cl)cc(Cl)c2)n1)c1ccccc1. The van der Waals surface area contributed by atoms with Crippen LogP contribution in [0.2, 0.25) is 10.0 Å². The monoisotopic (exact) mass is 358 g/mol. The van der Waals surface area contributed by atoms with E-state index in [-0.39, 0.29) is 6.04 Å². The third-order valence-electron chi connectivity index (χ3n) is 3.44. The van der Waals surface area contributed by atoms with Crippen molar-refractivity contribution in [2.24, 2.45) is 0 Å². The van der Waals surface area contributed by atoms with Gasteiger partial charge in [0.1, 0.15) is 5.82 Å². The lowest BCUT2D eigenvalue weighted by molar-refractivity contribution is 0.861. The number of hydrogen-bond donors (Lipinski definition) is 2. The zero-order valence-electron chi connectivity index (χ0n) is 13.0. The average Bonchev–Trinajstić information content (AvgIpc) is 2.55. The molecule has 0 amide bonds. The van der Waals surface area contributed by atoms with Gasteiger partial charge >= 0.3 is 0 Å². The summed E-state index contributed by atoms with van der Waals surface area (Å²) in [6.07, 6.45) is 1.70. The number of anilines is 3. The zero-order chi connectivity index (χ0) is 16.9. The van der Waals surface area contributed by atoms with Crippen LogP contribution in [0.4, 0.5) is 17.5 Å². The van der Waals surface area contributed by atoms with Crippen LogP contribution in [0, 0.1) is 0 Å². The Labute approximate surface area is 150 Å². The minimum absolute atomic E-state index is 0.0991. The summed E-state index contributed by atoms with van der Waals surface area (Å²) in [5.41, 5.74) is 1.94. The first-order chi connectivity index (χ1) is 11.6. The van der Waals surface area contributed by atoms with Gasteiger partial charge in [0.05, 0.1) is 6.04 Å². The first-order valence-corrected chi connectivity index (χ1v) is 8.23. The van der Waals surface area contributed by atoms with E-state index in [1.165, 1.54) is 5.56 Å². The predicted molar refractivity (Wildman–Crippen MR) is 100 cm³/mol. The standard InChI is InChI=1S/C18H16Cl2N4/c1-12(13-5-3-2-4-6-13)22-18-21-8-7-17(24-18)23-16-10-14(19)9-15(20)11-16/h2-12H,1H3,(H2,21,22,23,24). The van der Waals surface area contributed by atoms with Gasteiger partial charge in [-0.15, -0.1) is 0 Å². The molecule has 0 bridgehead atoms. The van der Waals surface area contributed by atoms with Gasteiger partial charge in [-0.2, -0.15) is 4.98 Å². The molecule has 0 fully saturated rings. The summed E-state index contributed by atoms with van der Waals surface area (Å²) in [5, 5.41) is 7.60. The average molecular weight is 359 g/mol. The van der Waals surface area contributed by atoms with Crippen molar-refractivity contribution < 1.29 is 0 Å². The van der Waals surface area contributed by atoms with Gasteiger partial charge in [0.2, 0.25) is 5.95 Å². The van der Waals surface area contributed by atoms with E-state index in [4.69, 9.17) is 23.2 Å². The Morgan fingerprint density at radius 1 is 0.958 bits per heavy atom. The maximum atomic E-state index is 6.01. The van der Waals surface area contributed by atoms with Crippen LogP contribution in [-0.4, -0.2) is 9.97 Å². The highest BCUT2D eigenvalue weighted by Crippen LogP contribution is 2.25. The van der Waals surface area contributed by atoms with Gasteiger partial charge < -0.3 is 10.6 Å². The summed E-state index contributed by atoms with van der Waals surface area (Å²) in [5.74, 6) is 1.20. The van der Waals surface area contributed by atoms with Crippen molar-refractivity contribution in [1.29, 1.82) is 0 Å². The molecule has 3 aromatic rings. The molecule has 1 atom stereocenters. The Kier molecular flexibility index (Phi) is 5.18. The van der Waals surface area contributed by atoms with Crippen LogP contribution in [0.25, 0.3) is 0 Å². The van der Waals surface area contributed by atoms with E-state index in [2.05, 4.69) is 39.7 Å². The van der Waals surface area contributed by atoms with Gasteiger partial charge in [-0.05, 0) is 36.8 Å². The molecular weight excluding hydrogens is 343 g/mol. The second kappa shape index (κ2) is 7.51. The maximum Gasteiger partial charge on any atom is 0.225 e. The minimum atomic E-state index is 0.0991. The Balaban J connectivity index is 1.74. The number of rotatable bonds is 5. The summed E-state index contributed by atoms with van der Waals surface area (Å²) in [6, 6.07) is 17.3. The van der Waals surface area contributed by atoms with E-state index in [0.29, 0.717) is 21.8 Å². The van der Waals surface area contributed by atoms with Crippen molar-refractivity contribution in [1.82, 2.24) is 9.97 Å². The third-order valence-corrected chi connectivity index (χ3v) is 3.87. The molecule has 24 heavy (non-hydrogen) atoms. The van der Waals surface area contributed by atoms with E-state index in [1.807, 2.05) is 18.2 Å². The van der Waals surface area contributed by atoms with Crippen LogP contribution in [0.5, 0.6) is 0 Å². The number of aromatic nitrogens is 2. The smallest absolute Gasteiger partial charge is 0.225 e. The van der Waals surface area contributed by atoms with E-state index < -0.39 is 0 Å². The molecule has 6 heteroatoms. The number of nitrogens with zero attached hydrogens (tertiary/aromatic N) is 2. The third kappa shape index (κ3) is 4.37. The Hall–Kier alpha value is -2.30. The van der Waals surface area contributed by atoms with Crippen LogP contribution >= 0.6 is 23.2 Å². The Morgan fingerprint density at radius 2 is 1.67 bits per heavy atom. The number of hydrogen-bond acceptors (Lipinski definition) is 4. The molecule has 122 valence electrons. The molecule has 2 aromatic carbocycles. The number of halogens is 2. The van der Waals surface area contributed by atoms with Gasteiger partial charge in [-0.3, -0.25) is 0 Å². The minimum Gasteiger partial charge on any atom is -0.348 e. The first kappa shape index (κ1) is 16.6. The molecule has 1 heterocycles. The normalized spacial score (nSPS) is 11.8. The fourth-order valence-electron chi connectivity index (χ4n) is 2.29. The molecule has 3 rings (SSSR count). The van der Waals surface area contributed by atoms with Crippen LogP contribution in [0.1, 0.15) is 18.5 Å². The Morgan fingerprint density at radius 3 is 2.38 bits per heavy atom. The van der Waals surface area contributed by atoms with Crippen LogP contribution in [-0.2, 0) is 0 Å². The van der Waals surface area contributed by atoms with Crippen molar-refractivity contribution in [2.75, 3.05) is 10.6 Å². The molecule has 0 radical (unpaired) electrons. The number of nitrogens with one attached hydrogen (secondary N) is 2. The molecular formula is C18H16Cl2N4. The first-order valence-electron chi connectivity index (χ1n) is 7.48. The van der Waals surface area contributed by atoms with Gasteiger partial charge in [-0.1, -0.05) is 53.5 Å². The van der Waals surface area contributed by atoms with E-state index >= 15 is 0 Å². The van der Waals surface area contributed by atoms with Crippen molar-refractivity contribution in [2.45, 2.75) is 13.0 Å². The van der Waals surface area contributed by atoms with Crippen LogP contribution < -0.4 is 10.6 Å². The summed E-state index contributed by atoms with van der Waals surface area (Å²) < 4.78 is 0. The molecule has 2 N–H and O–H groups in total. The molecule has 0 aliphatic rings. The van der Waals surface area contributed by atoms with E-state index in [1.54, 1.807) is 30.5 Å². The predicted octanol–water partition coefficient (Wildman–Crippen LogP) is 5.70. The molecule has 0 spiro atoms. The topological polar surface area (TPSA) is 49.8 Å². The zero-order valence-corrected chi connectivity index (χ0v) is 14.5. The lowest BCUT2D eigenvalue weighted by Crippen LogP contribution is -2.09. The van der Waals surface area contributed by atoms with Crippen molar-refractivity contribution in [3.63, 3.8) is 0 Å². The lowest BCUT2D eigenvalue weighted by atomic mass is 10.1. The molecule has 0 aliphatic carbocycles. The van der Waals surface area contributed by atoms with Gasteiger partial charge in [-0.25, -0.2) is 4.98 Å². The maximum absolute atomic E-state index is 6.01. The largest absolute Gasteiger partial charge is 0.348 e. The summed E-state index contributed by atoms with van der Waals surface area (Å²) >= 11 is 12.0. The van der Waals surface area contributed by atoms with Crippen molar-refractivity contribution >= 4 is 40.7 Å². The lowest BCUT2D eigenvalue weighted by Gasteiger charge is -2.15. The fourth-order valence-corrected chi connectivity index (χ4v) is 2.82. The van der Waals surface area contributed by atoms with Gasteiger partial charge in [0.15, 0.2) is 0 Å². The highest BCUT2D eigenvalue weighted by molar-refractivity contribution is 6.35. The van der Waals surface area contributed by atoms with Crippen molar-refractivity contribution in [3.8, 4) is 0 Å². The molecule has 0 saturated carbocycles. The highest BCUT2D eigenvalue weighted by Gasteiger charge is 2.07. The molecule has 1 unspecified atom stereocenters. The summed E-state index contributed by atoms with van der Waals surface area (Å²) in [6.45, 7) is 2.07. The van der Waals surface area contributed by atoms with Gasteiger partial charge in [0, 0.05) is 21.9 Å². The number of benzene rings is 2. The summed E-state index contributed by atoms with van der Waals surface area (Å²) in [4.78, 5) is 8.74. The second-order valence-electron chi connectivity index (χ2n) is 5.33. The van der Waals surface area contributed by atoms with E-state index in [9.17, 15) is 0 Å². The quantitative estimate of drug-likeness (QED) is 0.614. The second-order valence-corrected chi connectivity index (χ2v) is 6.20. The highest BCUT2D eigenvalue weighted by atomic mass is 35.5. The molecule has 0 saturated heterocycles. The van der Waals surface area contributed by atoms with Gasteiger partial charge in [0.25, 0.3) is 0 Å². The Bertz CT molecular complexity index is 804.